The molecule has 0 amide bonds. The van der Waals surface area contributed by atoms with Crippen LogP contribution in [0.15, 0.2) is 29.4 Å². The van der Waals surface area contributed by atoms with E-state index < -0.39 is 0 Å². The van der Waals surface area contributed by atoms with Gasteiger partial charge in [-0.2, -0.15) is 0 Å². The summed E-state index contributed by atoms with van der Waals surface area (Å²) in [5, 5.41) is 2.11. The van der Waals surface area contributed by atoms with Gasteiger partial charge in [0, 0.05) is 55.0 Å². The maximum atomic E-state index is 4.82. The Morgan fingerprint density at radius 1 is 1.26 bits per heavy atom. The molecule has 142 valence electrons. The van der Waals surface area contributed by atoms with Crippen LogP contribution in [-0.4, -0.2) is 37.6 Å². The fraction of sp³-hybridized carbons (Fsp3) is 0.500. The summed E-state index contributed by atoms with van der Waals surface area (Å²) in [6.45, 7) is 7.03. The Bertz CT molecular complexity index is 872. The summed E-state index contributed by atoms with van der Waals surface area (Å²) < 4.78 is 2.25. The lowest BCUT2D eigenvalue weighted by molar-refractivity contribution is 0.473. The van der Waals surface area contributed by atoms with Gasteiger partial charge in [-0.05, 0) is 26.2 Å². The zero-order valence-corrected chi connectivity index (χ0v) is 16.8. The maximum Gasteiger partial charge on any atom is 0.132 e. The van der Waals surface area contributed by atoms with E-state index >= 15 is 0 Å². The predicted molar refractivity (Wildman–Crippen MR) is 108 cm³/mol. The molecule has 0 saturated carbocycles. The van der Waals surface area contributed by atoms with Crippen LogP contribution >= 0.6 is 11.3 Å². The molecule has 7 heteroatoms. The Morgan fingerprint density at radius 3 is 3.00 bits per heavy atom. The number of aromatic nitrogens is 5. The summed E-state index contributed by atoms with van der Waals surface area (Å²) in [6.07, 6.45) is 8.30. The molecule has 4 rings (SSSR count). The highest BCUT2D eigenvalue weighted by molar-refractivity contribution is 7.07. The van der Waals surface area contributed by atoms with Crippen LogP contribution in [0.25, 0.3) is 0 Å². The van der Waals surface area contributed by atoms with Gasteiger partial charge in [0.25, 0.3) is 0 Å². The van der Waals surface area contributed by atoms with E-state index in [1.165, 1.54) is 0 Å². The van der Waals surface area contributed by atoms with E-state index in [2.05, 4.69) is 50.9 Å². The molecule has 3 aromatic heterocycles. The fourth-order valence-electron chi connectivity index (χ4n) is 3.81. The number of thiazole rings is 1. The first-order valence-electron chi connectivity index (χ1n) is 9.70. The van der Waals surface area contributed by atoms with Crippen LogP contribution in [-0.2, 0) is 13.0 Å². The number of piperidine rings is 1. The van der Waals surface area contributed by atoms with Crippen molar-refractivity contribution in [2.45, 2.75) is 52.0 Å². The second-order valence-electron chi connectivity index (χ2n) is 7.21. The van der Waals surface area contributed by atoms with Crippen LogP contribution in [0, 0.1) is 6.92 Å². The van der Waals surface area contributed by atoms with Gasteiger partial charge in [-0.3, -0.25) is 0 Å². The summed E-state index contributed by atoms with van der Waals surface area (Å²) in [7, 11) is 0. The van der Waals surface area contributed by atoms with Gasteiger partial charge in [-0.1, -0.05) is 6.92 Å². The van der Waals surface area contributed by atoms with Crippen molar-refractivity contribution in [3.8, 4) is 0 Å². The van der Waals surface area contributed by atoms with Gasteiger partial charge in [-0.15, -0.1) is 11.3 Å². The number of hydrogen-bond acceptors (Lipinski definition) is 6. The SMILES string of the molecule is CCCc1nc(C)cc(N2CCCC(c3nccn3Cc3cscn3)C2)n1. The molecule has 0 aromatic carbocycles. The van der Waals surface area contributed by atoms with Gasteiger partial charge in [0.2, 0.25) is 0 Å². The Kier molecular flexibility index (Phi) is 5.48. The molecule has 6 nitrogen and oxygen atoms in total. The first-order chi connectivity index (χ1) is 13.2. The van der Waals surface area contributed by atoms with Crippen LogP contribution < -0.4 is 4.90 Å². The first kappa shape index (κ1) is 18.1. The first-order valence-corrected chi connectivity index (χ1v) is 10.6. The number of rotatable bonds is 6. The molecule has 0 aliphatic carbocycles. The highest BCUT2D eigenvalue weighted by Gasteiger charge is 2.26. The Balaban J connectivity index is 1.53. The Labute approximate surface area is 164 Å². The molecule has 27 heavy (non-hydrogen) atoms. The van der Waals surface area contributed by atoms with Crippen molar-refractivity contribution in [2.75, 3.05) is 18.0 Å². The van der Waals surface area contributed by atoms with Crippen molar-refractivity contribution in [1.29, 1.82) is 0 Å². The van der Waals surface area contributed by atoms with Crippen molar-refractivity contribution in [3.63, 3.8) is 0 Å². The van der Waals surface area contributed by atoms with Gasteiger partial charge in [0.05, 0.1) is 17.7 Å². The number of hydrogen-bond donors (Lipinski definition) is 0. The van der Waals surface area contributed by atoms with Crippen molar-refractivity contribution in [3.05, 3.63) is 52.4 Å². The number of imidazole rings is 1. The third-order valence-electron chi connectivity index (χ3n) is 5.03. The molecule has 1 saturated heterocycles. The lowest BCUT2D eigenvalue weighted by Crippen LogP contribution is -2.36. The third-order valence-corrected chi connectivity index (χ3v) is 5.67. The minimum Gasteiger partial charge on any atom is -0.356 e. The third kappa shape index (κ3) is 4.18. The average molecular weight is 383 g/mol. The monoisotopic (exact) mass is 382 g/mol. The quantitative estimate of drug-likeness (QED) is 0.648. The summed E-state index contributed by atoms with van der Waals surface area (Å²) in [5.41, 5.74) is 4.04. The lowest BCUT2D eigenvalue weighted by Gasteiger charge is -2.33. The predicted octanol–water partition coefficient (Wildman–Crippen LogP) is 3.82. The molecular formula is C20H26N6S. The summed E-state index contributed by atoms with van der Waals surface area (Å²) in [6, 6.07) is 2.11. The van der Waals surface area contributed by atoms with E-state index in [1.807, 2.05) is 11.7 Å². The lowest BCUT2D eigenvalue weighted by atomic mass is 9.97. The van der Waals surface area contributed by atoms with Gasteiger partial charge < -0.3 is 9.47 Å². The van der Waals surface area contributed by atoms with E-state index in [4.69, 9.17) is 9.97 Å². The Morgan fingerprint density at radius 2 is 2.19 bits per heavy atom. The van der Waals surface area contributed by atoms with E-state index in [0.717, 1.165) is 74.2 Å². The van der Waals surface area contributed by atoms with Gasteiger partial charge >= 0.3 is 0 Å². The van der Waals surface area contributed by atoms with Gasteiger partial charge in [-0.25, -0.2) is 19.9 Å². The molecule has 4 heterocycles. The molecule has 0 spiro atoms. The normalized spacial score (nSPS) is 17.4. The van der Waals surface area contributed by atoms with Crippen LogP contribution in [0.5, 0.6) is 0 Å². The molecule has 1 aliphatic rings. The molecule has 1 atom stereocenters. The second-order valence-corrected chi connectivity index (χ2v) is 7.93. The number of nitrogens with zero attached hydrogens (tertiary/aromatic N) is 6. The molecule has 3 aromatic rings. The minimum absolute atomic E-state index is 0.414. The van der Waals surface area contributed by atoms with E-state index in [1.54, 1.807) is 11.3 Å². The topological polar surface area (TPSA) is 59.7 Å². The van der Waals surface area contributed by atoms with E-state index in [0.29, 0.717) is 5.92 Å². The standard InChI is InChI=1S/C20H26N6S/c1-3-5-18-23-15(2)10-19(24-18)25-8-4-6-16(11-25)20-21-7-9-26(20)12-17-13-27-14-22-17/h7,9-10,13-14,16H,3-6,8,11-12H2,1-2H3. The number of anilines is 1. The molecule has 1 unspecified atom stereocenters. The highest BCUT2D eigenvalue weighted by Crippen LogP contribution is 2.29. The summed E-state index contributed by atoms with van der Waals surface area (Å²) in [5.74, 6) is 3.59. The molecule has 1 aliphatic heterocycles. The van der Waals surface area contributed by atoms with Gasteiger partial charge in [0.1, 0.15) is 17.5 Å². The van der Waals surface area contributed by atoms with Crippen LogP contribution in [0.1, 0.15) is 55.1 Å². The zero-order chi connectivity index (χ0) is 18.6. The van der Waals surface area contributed by atoms with Crippen molar-refractivity contribution in [2.24, 2.45) is 0 Å². The molecule has 0 N–H and O–H groups in total. The van der Waals surface area contributed by atoms with Crippen molar-refractivity contribution in [1.82, 2.24) is 24.5 Å². The van der Waals surface area contributed by atoms with Crippen LogP contribution in [0.4, 0.5) is 5.82 Å². The van der Waals surface area contributed by atoms with Crippen molar-refractivity contribution >= 4 is 17.2 Å². The average Bonchev–Trinajstić information content (AvgIpc) is 3.34. The molecular weight excluding hydrogens is 356 g/mol. The van der Waals surface area contributed by atoms with Crippen LogP contribution in [0.2, 0.25) is 0 Å². The number of aryl methyl sites for hydroxylation is 2. The van der Waals surface area contributed by atoms with E-state index in [-0.39, 0.29) is 0 Å². The van der Waals surface area contributed by atoms with Crippen molar-refractivity contribution < 1.29 is 0 Å². The molecule has 0 bridgehead atoms. The maximum absolute atomic E-state index is 4.82. The largest absolute Gasteiger partial charge is 0.356 e. The van der Waals surface area contributed by atoms with E-state index in [9.17, 15) is 0 Å². The Hall–Kier alpha value is -2.28. The van der Waals surface area contributed by atoms with Gasteiger partial charge in [0.15, 0.2) is 0 Å². The summed E-state index contributed by atoms with van der Waals surface area (Å²) in [4.78, 5) is 20.9. The zero-order valence-electron chi connectivity index (χ0n) is 16.0. The minimum atomic E-state index is 0.414. The highest BCUT2D eigenvalue weighted by atomic mass is 32.1. The van der Waals surface area contributed by atoms with Crippen LogP contribution in [0.3, 0.4) is 0 Å². The smallest absolute Gasteiger partial charge is 0.132 e. The molecule has 1 fully saturated rings. The second kappa shape index (κ2) is 8.17. The summed E-state index contributed by atoms with van der Waals surface area (Å²) >= 11 is 1.64. The fourth-order valence-corrected chi connectivity index (χ4v) is 4.36. The molecule has 0 radical (unpaired) electrons.